The van der Waals surface area contributed by atoms with Gasteiger partial charge in [0, 0.05) is 29.5 Å². The molecule has 5 nitrogen and oxygen atoms in total. The lowest BCUT2D eigenvalue weighted by molar-refractivity contribution is 0.102. The lowest BCUT2D eigenvalue weighted by Crippen LogP contribution is -2.13. The summed E-state index contributed by atoms with van der Waals surface area (Å²) in [6.07, 6.45) is 1.64. The summed E-state index contributed by atoms with van der Waals surface area (Å²) in [5.74, 6) is 0.261. The van der Waals surface area contributed by atoms with Crippen molar-refractivity contribution in [1.29, 1.82) is 0 Å². The van der Waals surface area contributed by atoms with Crippen LogP contribution in [-0.2, 0) is 7.05 Å². The summed E-state index contributed by atoms with van der Waals surface area (Å²) in [7, 11) is 2.01. The van der Waals surface area contributed by atoms with Crippen LogP contribution >= 0.6 is 11.3 Å². The first-order chi connectivity index (χ1) is 11.7. The number of nitrogens with one attached hydrogen (secondary N) is 1. The molecular weight excluding hydrogens is 320 g/mol. The first-order valence-corrected chi connectivity index (χ1v) is 8.33. The Hall–Kier alpha value is -2.99. The van der Waals surface area contributed by atoms with Crippen LogP contribution in [0.15, 0.2) is 60.1 Å². The van der Waals surface area contributed by atoms with E-state index in [1.165, 1.54) is 11.3 Å². The molecule has 0 aliphatic carbocycles. The molecular formula is C18H14N4OS. The highest BCUT2D eigenvalue weighted by atomic mass is 32.1. The number of aromatic nitrogens is 3. The Kier molecular flexibility index (Phi) is 3.59. The van der Waals surface area contributed by atoms with E-state index in [-0.39, 0.29) is 5.91 Å². The maximum absolute atomic E-state index is 12.3. The number of hydrogen-bond acceptors (Lipinski definition) is 4. The second-order valence-corrected chi connectivity index (χ2v) is 6.21. The zero-order valence-corrected chi connectivity index (χ0v) is 13.7. The van der Waals surface area contributed by atoms with Crippen LogP contribution in [0.1, 0.15) is 10.5 Å². The Morgan fingerprint density at radius 2 is 2.00 bits per heavy atom. The summed E-state index contributed by atoms with van der Waals surface area (Å²) in [5.41, 5.74) is 2.53. The molecule has 24 heavy (non-hydrogen) atoms. The van der Waals surface area contributed by atoms with Crippen LogP contribution in [0.5, 0.6) is 0 Å². The number of para-hydroxylation sites is 1. The molecule has 1 N–H and O–H groups in total. The Labute approximate surface area is 142 Å². The van der Waals surface area contributed by atoms with Gasteiger partial charge >= 0.3 is 0 Å². The third kappa shape index (κ3) is 2.57. The quantitative estimate of drug-likeness (QED) is 0.617. The molecule has 1 aromatic carbocycles. The van der Waals surface area contributed by atoms with E-state index in [0.717, 1.165) is 21.6 Å². The summed E-state index contributed by atoms with van der Waals surface area (Å²) in [4.78, 5) is 20.9. The highest BCUT2D eigenvalue weighted by Gasteiger charge is 2.15. The zero-order valence-electron chi connectivity index (χ0n) is 12.9. The Morgan fingerprint density at radius 3 is 2.79 bits per heavy atom. The minimum atomic E-state index is -0.255. The fourth-order valence-electron chi connectivity index (χ4n) is 2.61. The van der Waals surface area contributed by atoms with Gasteiger partial charge in [-0.15, -0.1) is 11.3 Å². The van der Waals surface area contributed by atoms with Gasteiger partial charge in [0.05, 0.1) is 5.69 Å². The van der Waals surface area contributed by atoms with Gasteiger partial charge in [0.2, 0.25) is 0 Å². The van der Waals surface area contributed by atoms with E-state index in [9.17, 15) is 4.79 Å². The van der Waals surface area contributed by atoms with E-state index >= 15 is 0 Å². The smallest absolute Gasteiger partial charge is 0.276 e. The van der Waals surface area contributed by atoms with Gasteiger partial charge in [0.15, 0.2) is 0 Å². The predicted molar refractivity (Wildman–Crippen MR) is 96.2 cm³/mol. The van der Waals surface area contributed by atoms with Gasteiger partial charge in [-0.1, -0.05) is 24.3 Å². The van der Waals surface area contributed by atoms with Crippen molar-refractivity contribution in [3.8, 4) is 10.7 Å². The van der Waals surface area contributed by atoms with Crippen molar-refractivity contribution in [3.05, 3.63) is 65.8 Å². The second-order valence-electron chi connectivity index (χ2n) is 5.35. The fourth-order valence-corrected chi connectivity index (χ4v) is 3.46. The molecule has 0 saturated heterocycles. The van der Waals surface area contributed by atoms with Crippen LogP contribution in [0, 0.1) is 0 Å². The van der Waals surface area contributed by atoms with E-state index in [1.54, 1.807) is 23.7 Å². The van der Waals surface area contributed by atoms with Gasteiger partial charge in [-0.05, 0) is 24.3 Å². The van der Waals surface area contributed by atoms with Crippen molar-refractivity contribution in [2.45, 2.75) is 0 Å². The number of nitrogens with zero attached hydrogens (tertiary/aromatic N) is 3. The van der Waals surface area contributed by atoms with Gasteiger partial charge < -0.3 is 9.88 Å². The standard InChI is InChI=1S/C18H14N4OS/c1-22-14-7-3-2-6-12(14)10-15(22)18-20-13(11-24-18)17(23)21-16-8-4-5-9-19-16/h2-11H,1H3,(H,19,21,23). The third-order valence-electron chi connectivity index (χ3n) is 3.81. The highest BCUT2D eigenvalue weighted by Crippen LogP contribution is 2.29. The minimum Gasteiger partial charge on any atom is -0.342 e. The Balaban J connectivity index is 1.64. The molecule has 0 atom stereocenters. The Bertz CT molecular complexity index is 1020. The zero-order chi connectivity index (χ0) is 16.5. The molecule has 3 aromatic heterocycles. The van der Waals surface area contributed by atoms with Crippen molar-refractivity contribution in [3.63, 3.8) is 0 Å². The number of amides is 1. The van der Waals surface area contributed by atoms with Gasteiger partial charge in [-0.3, -0.25) is 4.79 Å². The molecule has 1 amide bonds. The normalized spacial score (nSPS) is 10.9. The molecule has 0 unspecified atom stereocenters. The van der Waals surface area contributed by atoms with Gasteiger partial charge in [0.25, 0.3) is 5.91 Å². The number of rotatable bonds is 3. The summed E-state index contributed by atoms with van der Waals surface area (Å²) >= 11 is 1.46. The minimum absolute atomic E-state index is 0.255. The van der Waals surface area contributed by atoms with Crippen molar-refractivity contribution in [2.75, 3.05) is 5.32 Å². The predicted octanol–water partition coefficient (Wildman–Crippen LogP) is 3.95. The molecule has 4 rings (SSSR count). The number of aryl methyl sites for hydroxylation is 1. The third-order valence-corrected chi connectivity index (χ3v) is 4.68. The number of anilines is 1. The van der Waals surface area contributed by atoms with Crippen LogP contribution < -0.4 is 5.32 Å². The number of hydrogen-bond donors (Lipinski definition) is 1. The average Bonchev–Trinajstić information content (AvgIpc) is 3.21. The molecule has 0 aliphatic heterocycles. The van der Waals surface area contributed by atoms with Crippen molar-refractivity contribution in [2.24, 2.45) is 7.05 Å². The lowest BCUT2D eigenvalue weighted by atomic mass is 10.2. The van der Waals surface area contributed by atoms with E-state index < -0.39 is 0 Å². The molecule has 4 aromatic rings. The topological polar surface area (TPSA) is 59.8 Å². The average molecular weight is 334 g/mol. The van der Waals surface area contributed by atoms with Gasteiger partial charge in [-0.25, -0.2) is 9.97 Å². The molecule has 6 heteroatoms. The molecule has 0 fully saturated rings. The van der Waals surface area contributed by atoms with Crippen molar-refractivity contribution in [1.82, 2.24) is 14.5 Å². The van der Waals surface area contributed by atoms with E-state index in [4.69, 9.17) is 0 Å². The molecule has 0 spiro atoms. The first kappa shape index (κ1) is 14.6. The molecule has 3 heterocycles. The first-order valence-electron chi connectivity index (χ1n) is 7.45. The van der Waals surface area contributed by atoms with E-state index in [1.807, 2.05) is 25.2 Å². The summed E-state index contributed by atoms with van der Waals surface area (Å²) in [5, 5.41) is 6.50. The van der Waals surface area contributed by atoms with Crippen LogP contribution in [0.3, 0.4) is 0 Å². The Morgan fingerprint density at radius 1 is 1.17 bits per heavy atom. The fraction of sp³-hybridized carbons (Fsp3) is 0.0556. The molecule has 0 bridgehead atoms. The number of benzene rings is 1. The van der Waals surface area contributed by atoms with Crippen LogP contribution in [0.25, 0.3) is 21.6 Å². The number of carbonyl (C=O) groups is 1. The molecule has 0 saturated carbocycles. The largest absolute Gasteiger partial charge is 0.342 e. The highest BCUT2D eigenvalue weighted by molar-refractivity contribution is 7.13. The van der Waals surface area contributed by atoms with Crippen LogP contribution in [-0.4, -0.2) is 20.4 Å². The second kappa shape index (κ2) is 5.90. The SMILES string of the molecule is Cn1c(-c2nc(C(=O)Nc3ccccn3)cs2)cc2ccccc21. The van der Waals surface area contributed by atoms with Gasteiger partial charge in [-0.2, -0.15) is 0 Å². The monoisotopic (exact) mass is 334 g/mol. The number of thiazole rings is 1. The van der Waals surface area contributed by atoms with Crippen molar-refractivity contribution >= 4 is 34.0 Å². The van der Waals surface area contributed by atoms with Crippen molar-refractivity contribution < 1.29 is 4.79 Å². The summed E-state index contributed by atoms with van der Waals surface area (Å²) < 4.78 is 2.09. The summed E-state index contributed by atoms with van der Waals surface area (Å²) in [6.45, 7) is 0. The summed E-state index contributed by atoms with van der Waals surface area (Å²) in [6, 6.07) is 15.6. The number of fused-ring (bicyclic) bond motifs is 1. The lowest BCUT2D eigenvalue weighted by Gasteiger charge is -2.01. The maximum Gasteiger partial charge on any atom is 0.276 e. The van der Waals surface area contributed by atoms with E-state index in [0.29, 0.717) is 11.5 Å². The number of pyridine rings is 1. The molecule has 0 radical (unpaired) electrons. The van der Waals surface area contributed by atoms with Crippen LogP contribution in [0.2, 0.25) is 0 Å². The molecule has 0 aliphatic rings. The molecule has 118 valence electrons. The van der Waals surface area contributed by atoms with Crippen LogP contribution in [0.4, 0.5) is 5.82 Å². The van der Waals surface area contributed by atoms with Gasteiger partial charge in [0.1, 0.15) is 16.5 Å². The number of carbonyl (C=O) groups excluding carboxylic acids is 1. The van der Waals surface area contributed by atoms with E-state index in [2.05, 4.69) is 38.1 Å². The maximum atomic E-state index is 12.3.